The Balaban J connectivity index is 1.46. The number of nitrogens with zero attached hydrogens (tertiary/aromatic N) is 2. The van der Waals surface area contributed by atoms with Gasteiger partial charge in [-0.2, -0.15) is 4.31 Å². The van der Waals surface area contributed by atoms with Crippen LogP contribution in [0.4, 0.5) is 15.6 Å². The van der Waals surface area contributed by atoms with E-state index in [1.165, 1.54) is 29.9 Å². The number of carbonyl (C=O) groups excluding carboxylic acids is 1. The first-order valence-corrected chi connectivity index (χ1v) is 12.0. The lowest BCUT2D eigenvalue weighted by molar-refractivity contribution is 0.262. The van der Waals surface area contributed by atoms with Gasteiger partial charge in [-0.1, -0.05) is 29.5 Å². The number of urea groups is 1. The molecule has 3 aromatic rings. The summed E-state index contributed by atoms with van der Waals surface area (Å²) in [7, 11) is -0.543. The molecule has 168 valence electrons. The van der Waals surface area contributed by atoms with E-state index < -0.39 is 16.1 Å². The second kappa shape index (κ2) is 9.15. The fourth-order valence-electron chi connectivity index (χ4n) is 3.33. The van der Waals surface area contributed by atoms with Crippen molar-refractivity contribution in [2.45, 2.75) is 17.9 Å². The molecule has 0 atom stereocenters. The Morgan fingerprint density at radius 1 is 1.09 bits per heavy atom. The molecule has 0 aliphatic carbocycles. The lowest BCUT2D eigenvalue weighted by Gasteiger charge is -2.25. The highest BCUT2D eigenvalue weighted by molar-refractivity contribution is 7.89. The molecular weight excluding hydrogens is 452 g/mol. The lowest BCUT2D eigenvalue weighted by atomic mass is 10.2. The van der Waals surface area contributed by atoms with Crippen molar-refractivity contribution in [3.8, 4) is 11.5 Å². The Bertz CT molecular complexity index is 1230. The topological polar surface area (TPSA) is 110 Å². The summed E-state index contributed by atoms with van der Waals surface area (Å²) in [5.41, 5.74) is 1.24. The number of hydrogen-bond acceptors (Lipinski definition) is 7. The average Bonchev–Trinajstić information content (AvgIpc) is 3.20. The van der Waals surface area contributed by atoms with Crippen molar-refractivity contribution in [2.75, 3.05) is 31.4 Å². The first kappa shape index (κ1) is 22.1. The summed E-state index contributed by atoms with van der Waals surface area (Å²) in [6.07, 6.45) is 0.477. The number of amides is 2. The predicted octanol–water partition coefficient (Wildman–Crippen LogP) is 3.55. The number of fused-ring (bicyclic) bond motifs is 1. The van der Waals surface area contributed by atoms with E-state index in [9.17, 15) is 13.2 Å². The van der Waals surface area contributed by atoms with Crippen molar-refractivity contribution < 1.29 is 22.7 Å². The Hall–Kier alpha value is -3.15. The van der Waals surface area contributed by atoms with Crippen LogP contribution in [-0.2, 0) is 23.0 Å². The lowest BCUT2D eigenvalue weighted by Crippen LogP contribution is -2.35. The summed E-state index contributed by atoms with van der Waals surface area (Å²) in [6, 6.07) is 12.9. The first-order valence-electron chi connectivity index (χ1n) is 9.74. The number of carbonyl (C=O) groups is 1. The molecule has 1 aliphatic rings. The van der Waals surface area contributed by atoms with Gasteiger partial charge in [0.1, 0.15) is 11.5 Å². The van der Waals surface area contributed by atoms with Crippen LogP contribution in [0.1, 0.15) is 10.6 Å². The molecule has 2 aromatic carbocycles. The van der Waals surface area contributed by atoms with Crippen molar-refractivity contribution >= 4 is 38.2 Å². The van der Waals surface area contributed by atoms with Crippen LogP contribution < -0.4 is 20.1 Å². The number of anilines is 2. The van der Waals surface area contributed by atoms with E-state index in [1.54, 1.807) is 48.5 Å². The Morgan fingerprint density at radius 2 is 1.88 bits per heavy atom. The van der Waals surface area contributed by atoms with Gasteiger partial charge in [0.2, 0.25) is 10.0 Å². The van der Waals surface area contributed by atoms with Crippen LogP contribution in [-0.4, -0.2) is 44.5 Å². The van der Waals surface area contributed by atoms with Gasteiger partial charge in [0.25, 0.3) is 0 Å². The normalized spacial score (nSPS) is 13.8. The Morgan fingerprint density at radius 3 is 2.59 bits per heavy atom. The van der Waals surface area contributed by atoms with E-state index in [1.807, 2.05) is 0 Å². The molecule has 1 aliphatic heterocycles. The van der Waals surface area contributed by atoms with Crippen LogP contribution in [0.5, 0.6) is 11.5 Å². The summed E-state index contributed by atoms with van der Waals surface area (Å²) in [6.45, 7) is 0.553. The third-order valence-corrected chi connectivity index (χ3v) is 7.81. The summed E-state index contributed by atoms with van der Waals surface area (Å²) < 4.78 is 37.7. The molecule has 0 unspecified atom stereocenters. The molecule has 0 saturated carbocycles. The molecule has 1 aromatic heterocycles. The Kier molecular flexibility index (Phi) is 6.31. The monoisotopic (exact) mass is 474 g/mol. The van der Waals surface area contributed by atoms with E-state index in [0.29, 0.717) is 35.3 Å². The number of nitrogens with one attached hydrogen (secondary N) is 2. The first-order chi connectivity index (χ1) is 15.4. The number of benzene rings is 2. The van der Waals surface area contributed by atoms with Crippen LogP contribution >= 0.6 is 11.3 Å². The molecule has 0 radical (unpaired) electrons. The van der Waals surface area contributed by atoms with Crippen LogP contribution in [0.15, 0.2) is 53.4 Å². The Labute approximate surface area is 190 Å². The van der Waals surface area contributed by atoms with Gasteiger partial charge in [0.05, 0.1) is 37.0 Å². The zero-order valence-electron chi connectivity index (χ0n) is 17.5. The molecule has 2 amide bonds. The van der Waals surface area contributed by atoms with Gasteiger partial charge in [-0.25, -0.2) is 18.2 Å². The molecule has 11 heteroatoms. The maximum Gasteiger partial charge on any atom is 0.325 e. The van der Waals surface area contributed by atoms with E-state index >= 15 is 0 Å². The van der Waals surface area contributed by atoms with E-state index in [-0.39, 0.29) is 11.4 Å². The summed E-state index contributed by atoms with van der Waals surface area (Å²) in [4.78, 5) is 18.1. The third kappa shape index (κ3) is 4.54. The fourth-order valence-corrected chi connectivity index (χ4v) is 5.87. The molecule has 2 heterocycles. The highest BCUT2D eigenvalue weighted by Gasteiger charge is 2.30. The quantitative estimate of drug-likeness (QED) is 0.565. The number of methoxy groups -OCH3 is 2. The van der Waals surface area contributed by atoms with Crippen molar-refractivity contribution in [1.29, 1.82) is 0 Å². The zero-order valence-corrected chi connectivity index (χ0v) is 19.1. The minimum atomic E-state index is -3.59. The summed E-state index contributed by atoms with van der Waals surface area (Å²) in [5.74, 6) is 1.06. The number of rotatable bonds is 6. The van der Waals surface area contributed by atoms with Crippen LogP contribution in [0.3, 0.4) is 0 Å². The number of sulfonamides is 1. The standard InChI is InChI=1S/C21H22N4O5S2/c1-29-14-8-9-18(30-2)17(12-14)22-20(26)24-21-23-16-10-11-25(13-19(16)31-21)32(27,28)15-6-4-3-5-7-15/h3-9,12H,10-11,13H2,1-2H3,(H2,22,23,24,26). The zero-order chi connectivity index (χ0) is 22.7. The van der Waals surface area contributed by atoms with Gasteiger partial charge >= 0.3 is 6.03 Å². The summed E-state index contributed by atoms with van der Waals surface area (Å²) >= 11 is 1.26. The van der Waals surface area contributed by atoms with E-state index in [0.717, 1.165) is 10.6 Å². The fraction of sp³-hybridized carbons (Fsp3) is 0.238. The smallest absolute Gasteiger partial charge is 0.325 e. The number of hydrogen-bond donors (Lipinski definition) is 2. The second-order valence-corrected chi connectivity index (χ2v) is 9.96. The number of thiazole rings is 1. The van der Waals surface area contributed by atoms with Gasteiger partial charge in [0, 0.05) is 23.9 Å². The van der Waals surface area contributed by atoms with Crippen LogP contribution in [0, 0.1) is 0 Å². The van der Waals surface area contributed by atoms with Crippen LogP contribution in [0.2, 0.25) is 0 Å². The van der Waals surface area contributed by atoms with Crippen molar-refractivity contribution in [1.82, 2.24) is 9.29 Å². The molecule has 2 N–H and O–H groups in total. The highest BCUT2D eigenvalue weighted by Crippen LogP contribution is 2.32. The minimum Gasteiger partial charge on any atom is -0.497 e. The molecule has 4 rings (SSSR count). The largest absolute Gasteiger partial charge is 0.497 e. The van der Waals surface area contributed by atoms with Gasteiger partial charge in [-0.3, -0.25) is 5.32 Å². The minimum absolute atomic E-state index is 0.219. The highest BCUT2D eigenvalue weighted by atomic mass is 32.2. The summed E-state index contributed by atoms with van der Waals surface area (Å²) in [5, 5.41) is 5.84. The molecular formula is C21H22N4O5S2. The molecule has 9 nitrogen and oxygen atoms in total. The van der Waals surface area contributed by atoms with Crippen LogP contribution in [0.25, 0.3) is 0 Å². The number of ether oxygens (including phenoxy) is 2. The van der Waals surface area contributed by atoms with Gasteiger partial charge < -0.3 is 14.8 Å². The maximum atomic E-state index is 12.9. The van der Waals surface area contributed by atoms with Gasteiger partial charge in [-0.05, 0) is 24.3 Å². The van der Waals surface area contributed by atoms with E-state index in [2.05, 4.69) is 15.6 Å². The predicted molar refractivity (Wildman–Crippen MR) is 122 cm³/mol. The number of aromatic nitrogens is 1. The average molecular weight is 475 g/mol. The second-order valence-electron chi connectivity index (χ2n) is 6.94. The van der Waals surface area contributed by atoms with Gasteiger partial charge in [-0.15, -0.1) is 0 Å². The van der Waals surface area contributed by atoms with Crippen molar-refractivity contribution in [2.24, 2.45) is 0 Å². The molecule has 0 saturated heterocycles. The third-order valence-electron chi connectivity index (χ3n) is 4.95. The maximum absolute atomic E-state index is 12.9. The van der Waals surface area contributed by atoms with E-state index in [4.69, 9.17) is 9.47 Å². The molecule has 32 heavy (non-hydrogen) atoms. The SMILES string of the molecule is COc1ccc(OC)c(NC(=O)Nc2nc3c(s2)CN(S(=O)(=O)c2ccccc2)CC3)c1. The van der Waals surface area contributed by atoms with Gasteiger partial charge in [0.15, 0.2) is 5.13 Å². The van der Waals surface area contributed by atoms with Crippen molar-refractivity contribution in [3.05, 3.63) is 59.1 Å². The molecule has 0 bridgehead atoms. The molecule has 0 fully saturated rings. The molecule has 0 spiro atoms. The van der Waals surface area contributed by atoms with Crippen molar-refractivity contribution in [3.63, 3.8) is 0 Å².